The molecule has 8 aromatic carbocycles. The lowest BCUT2D eigenvalue weighted by molar-refractivity contribution is -0.143. The molecule has 720 valence electrons. The minimum atomic E-state index is -4.55. The Kier molecular flexibility index (Phi) is 27.4. The number of aryl methyl sites for hydroxylation is 5. The van der Waals surface area contributed by atoms with E-state index in [0.717, 1.165) is 115 Å². The van der Waals surface area contributed by atoms with Crippen molar-refractivity contribution in [1.29, 1.82) is 0 Å². The molecular weight excluding hydrogens is 1800 g/mol. The van der Waals surface area contributed by atoms with E-state index in [1.54, 1.807) is 110 Å². The molecule has 6 atom stereocenters. The number of aromatic nitrogens is 3. The number of rotatable bonds is 23. The molecule has 33 heteroatoms. The number of alkyl halides is 8. The fourth-order valence-electron chi connectivity index (χ4n) is 19.1. The van der Waals surface area contributed by atoms with Crippen molar-refractivity contribution < 1.29 is 112 Å². The number of carboxylic acid groups (broad SMARTS) is 3. The van der Waals surface area contributed by atoms with Crippen LogP contribution in [0.2, 0.25) is 0 Å². The van der Waals surface area contributed by atoms with Crippen LogP contribution in [0.15, 0.2) is 182 Å². The van der Waals surface area contributed by atoms with Crippen LogP contribution in [0.3, 0.4) is 0 Å². The minimum Gasteiger partial charge on any atom is -0.496 e. The van der Waals surface area contributed by atoms with Gasteiger partial charge in [-0.3, -0.25) is 19.5 Å². The predicted octanol–water partition coefficient (Wildman–Crippen LogP) is 23.3. The van der Waals surface area contributed by atoms with Crippen LogP contribution in [0.1, 0.15) is 183 Å². The molecule has 6 saturated heterocycles. The normalized spacial score (nSPS) is 20.0. The Morgan fingerprint density at radius 3 is 1.20 bits per heavy atom. The van der Waals surface area contributed by atoms with E-state index in [2.05, 4.69) is 9.80 Å². The number of carbonyl (C=O) groups is 6. The SMILES string of the molecule is COc1ccc(-c2ccc(C(=O)O)cc2C)cc1-c1ccc(N2CCC2)nc1CN1C(=O)O[C@H](c2cc(C)cc(C(F)(F)F)c2)[C@@H]1C.COc1ccc(C2CCC(C(=O)O)CC2)cc1-c1ccc(N2CC(F)(F)C2)nc1CN1C(=O)O[C@H](c2cc(C)cc(F)c2)[C@@H]1C.Cc1cc([C@H]2OC(=O)N(Cc3nc(N4CCC4)ccc3-c3cc(F)cc(-c4ccc(C(=O)O)cc4C)c3)[C@H]2C)cc(C(F)(F)F)c1. The quantitative estimate of drug-likeness (QED) is 0.0397. The number of aromatic carboxylic acids is 2. The molecule has 3 aromatic heterocycles. The van der Waals surface area contributed by atoms with E-state index in [4.69, 9.17) is 38.6 Å². The number of pyridine rings is 3. The summed E-state index contributed by atoms with van der Waals surface area (Å²) in [5, 5.41) is 28.2. The zero-order valence-corrected chi connectivity index (χ0v) is 77.2. The first-order chi connectivity index (χ1) is 65.5. The van der Waals surface area contributed by atoms with Crippen LogP contribution >= 0.6 is 0 Å². The summed E-state index contributed by atoms with van der Waals surface area (Å²) in [6.45, 7) is 16.3. The smallest absolute Gasteiger partial charge is 0.416 e. The van der Waals surface area contributed by atoms with Gasteiger partial charge in [0.05, 0.1) is 110 Å². The van der Waals surface area contributed by atoms with Crippen LogP contribution in [-0.2, 0) is 51.0 Å². The van der Waals surface area contributed by atoms with Crippen molar-refractivity contribution in [3.05, 3.63) is 283 Å². The topological polar surface area (TPSA) is 267 Å². The first-order valence-corrected chi connectivity index (χ1v) is 45.3. The van der Waals surface area contributed by atoms with E-state index in [1.165, 1.54) is 56.0 Å². The first-order valence-electron chi connectivity index (χ1n) is 45.3. The molecule has 1 saturated carbocycles. The summed E-state index contributed by atoms with van der Waals surface area (Å²) in [6.07, 6.45) is -8.80. The summed E-state index contributed by atoms with van der Waals surface area (Å²) in [7, 11) is 3.13. The Bertz CT molecular complexity index is 6550. The molecule has 3 N–H and O–H groups in total. The van der Waals surface area contributed by atoms with Gasteiger partial charge in [-0.15, -0.1) is 0 Å². The third kappa shape index (κ3) is 20.7. The highest BCUT2D eigenvalue weighted by Gasteiger charge is 2.48. The molecular formula is C105H101F10N9O14. The van der Waals surface area contributed by atoms with Gasteiger partial charge in [0, 0.05) is 54.0 Å². The van der Waals surface area contributed by atoms with Crippen molar-refractivity contribution in [2.75, 3.05) is 68.2 Å². The fraction of sp³-hybridized carbons (Fsp3) is 0.343. The Balaban J connectivity index is 0.000000150. The van der Waals surface area contributed by atoms with Crippen LogP contribution in [-0.4, -0.2) is 159 Å². The van der Waals surface area contributed by atoms with Crippen LogP contribution in [0.4, 0.5) is 75.7 Å². The molecule has 0 spiro atoms. The third-order valence-electron chi connectivity index (χ3n) is 26.8. The number of carboxylic acids is 3. The summed E-state index contributed by atoms with van der Waals surface area (Å²) in [4.78, 5) is 99.1. The van der Waals surface area contributed by atoms with E-state index in [0.29, 0.717) is 114 Å². The number of carbonyl (C=O) groups excluding carboxylic acids is 3. The Labute approximate surface area is 789 Å². The van der Waals surface area contributed by atoms with Crippen LogP contribution in [0, 0.1) is 52.2 Å². The van der Waals surface area contributed by atoms with Gasteiger partial charge < -0.3 is 53.7 Å². The highest BCUT2D eigenvalue weighted by molar-refractivity contribution is 5.91. The highest BCUT2D eigenvalue weighted by atomic mass is 19.4. The maximum absolute atomic E-state index is 15.2. The van der Waals surface area contributed by atoms with Gasteiger partial charge in [0.25, 0.3) is 5.92 Å². The zero-order chi connectivity index (χ0) is 98.6. The molecule has 138 heavy (non-hydrogen) atoms. The largest absolute Gasteiger partial charge is 0.496 e. The molecule has 3 amide bonds. The van der Waals surface area contributed by atoms with Crippen LogP contribution in [0.5, 0.6) is 11.5 Å². The number of nitrogens with zero attached hydrogens (tertiary/aromatic N) is 9. The van der Waals surface area contributed by atoms with Gasteiger partial charge in [0.1, 0.15) is 58.9 Å². The van der Waals surface area contributed by atoms with Crippen molar-refractivity contribution in [2.45, 2.75) is 174 Å². The second-order valence-electron chi connectivity index (χ2n) is 36.4. The van der Waals surface area contributed by atoms with Crippen molar-refractivity contribution >= 4 is 53.6 Å². The molecule has 7 aliphatic rings. The molecule has 6 aliphatic heterocycles. The number of ether oxygens (including phenoxy) is 5. The van der Waals surface area contributed by atoms with Crippen LogP contribution < -0.4 is 24.2 Å². The average molecular weight is 1900 g/mol. The van der Waals surface area contributed by atoms with Crippen LogP contribution in [0.25, 0.3) is 55.6 Å². The van der Waals surface area contributed by atoms with Gasteiger partial charge in [-0.1, -0.05) is 53.6 Å². The van der Waals surface area contributed by atoms with Gasteiger partial charge in [-0.2, -0.15) is 26.3 Å². The number of hydrogen-bond donors (Lipinski definition) is 3. The highest BCUT2D eigenvalue weighted by Crippen LogP contribution is 2.48. The lowest BCUT2D eigenvalue weighted by Gasteiger charge is -2.39. The summed E-state index contributed by atoms with van der Waals surface area (Å²) in [5.74, 6) is -3.73. The van der Waals surface area contributed by atoms with Crippen molar-refractivity contribution in [3.63, 3.8) is 0 Å². The molecule has 1 aliphatic carbocycles. The van der Waals surface area contributed by atoms with E-state index in [1.807, 2.05) is 80.6 Å². The number of cyclic esters (lactones) is 3. The second kappa shape index (κ2) is 39.1. The number of aliphatic carboxylic acids is 1. The number of methoxy groups -OCH3 is 2. The van der Waals surface area contributed by atoms with Gasteiger partial charge in [0.15, 0.2) is 0 Å². The monoisotopic (exact) mass is 1900 g/mol. The fourth-order valence-corrected chi connectivity index (χ4v) is 19.1. The lowest BCUT2D eigenvalue weighted by atomic mass is 9.78. The molecule has 11 aromatic rings. The average Bonchev–Trinajstić information content (AvgIpc) is 1.44. The summed E-state index contributed by atoms with van der Waals surface area (Å²) in [5.41, 5.74) is 12.1. The molecule has 23 nitrogen and oxygen atoms in total. The molecule has 0 unspecified atom stereocenters. The van der Waals surface area contributed by atoms with E-state index in [-0.39, 0.29) is 53.7 Å². The first kappa shape index (κ1) is 96.8. The number of anilines is 3. The predicted molar refractivity (Wildman–Crippen MR) is 496 cm³/mol. The molecule has 9 heterocycles. The van der Waals surface area contributed by atoms with Gasteiger partial charge in [-0.05, 0) is 306 Å². The second-order valence-corrected chi connectivity index (χ2v) is 36.4. The van der Waals surface area contributed by atoms with E-state index >= 15 is 4.39 Å². The number of hydrogen-bond acceptors (Lipinski definition) is 17. The van der Waals surface area contributed by atoms with E-state index < -0.39 is 127 Å². The molecule has 18 rings (SSSR count). The van der Waals surface area contributed by atoms with Crippen molar-refractivity contribution in [2.24, 2.45) is 5.92 Å². The number of benzene rings is 8. The lowest BCUT2D eigenvalue weighted by Crippen LogP contribution is -2.56. The summed E-state index contributed by atoms with van der Waals surface area (Å²) in [6, 6.07) is 47.0. The maximum atomic E-state index is 15.2. The summed E-state index contributed by atoms with van der Waals surface area (Å²) < 4.78 is 167. The summed E-state index contributed by atoms with van der Waals surface area (Å²) >= 11 is 0. The molecule has 7 fully saturated rings. The van der Waals surface area contributed by atoms with Gasteiger partial charge in [0.2, 0.25) is 0 Å². The molecule has 0 bridgehead atoms. The van der Waals surface area contributed by atoms with Crippen molar-refractivity contribution in [1.82, 2.24) is 29.7 Å². The standard InChI is InChI=1S/C36H34F3N3O5.C35H31F4N3O4.C34H36F3N3O5/c1-20-14-25(17-26(15-20)36(37,38)39)33-22(3)42(35(45)47-33)19-30-28(9-11-32(40-30)41-12-5-13-41)29-18-23(7-10-31(29)46-4)27-8-6-24(34(43)44)16-21(27)2;1-19-11-25(15-26(12-19)35(37,38)39)32-21(3)42(34(45)46-32)18-30-29(7-8-31(40-30)41-9-4-10-41)24-14-23(16-27(36)17-24)28-6-5-22(33(43)44)13-20(28)2;1-19-12-24(14-25(35)13-19)31-20(2)40(33(43)45-31)16-28-26(9-11-30(38-28)39-17-34(36,37)18-39)27-15-23(8-10-29(27)44-3)21-4-6-22(7-5-21)32(41)42/h6-11,14-18,22,33H,5,12-13,19H2,1-4H3,(H,43,44);5-8,11-17,21,32H,4,9-10,18H2,1-3H3,(H,43,44);8-15,20-22,31H,4-7,16-18H2,1-3H3,(H,41,42)/t22-,33-;21-,32-;20-,21?,22?,31-/m000/s1. The maximum Gasteiger partial charge on any atom is 0.416 e. The minimum absolute atomic E-state index is 0.0231. The van der Waals surface area contributed by atoms with Gasteiger partial charge in [-0.25, -0.2) is 56.5 Å². The third-order valence-corrected chi connectivity index (χ3v) is 26.8. The zero-order valence-electron chi connectivity index (χ0n) is 77.2. The Hall–Kier alpha value is -14.3. The van der Waals surface area contributed by atoms with E-state index in [9.17, 15) is 83.6 Å². The Morgan fingerprint density at radius 1 is 0.413 bits per heavy atom. The number of amides is 3. The van der Waals surface area contributed by atoms with Gasteiger partial charge >= 0.3 is 48.5 Å². The molecule has 0 radical (unpaired) electrons. The Morgan fingerprint density at radius 2 is 0.797 bits per heavy atom. The number of halogens is 10. The van der Waals surface area contributed by atoms with Crippen molar-refractivity contribution in [3.8, 4) is 67.1 Å².